The second-order valence-corrected chi connectivity index (χ2v) is 7.18. The van der Waals surface area contributed by atoms with E-state index in [1.165, 1.54) is 18.2 Å². The van der Waals surface area contributed by atoms with E-state index in [4.69, 9.17) is 9.52 Å². The number of aryl methyl sites for hydroxylation is 1. The summed E-state index contributed by atoms with van der Waals surface area (Å²) >= 11 is 0. The first-order valence-corrected chi connectivity index (χ1v) is 8.87. The Morgan fingerprint density at radius 2 is 1.96 bits per heavy atom. The molecular formula is C18H16O5S. The van der Waals surface area contributed by atoms with Crippen LogP contribution in [0.2, 0.25) is 0 Å². The topological polar surface area (TPSA) is 84.6 Å². The van der Waals surface area contributed by atoms with E-state index in [0.29, 0.717) is 21.6 Å². The normalized spacial score (nSPS) is 12.6. The van der Waals surface area contributed by atoms with Gasteiger partial charge in [0, 0.05) is 5.75 Å². The number of hydrogen-bond donors (Lipinski definition) is 1. The van der Waals surface area contributed by atoms with Gasteiger partial charge in [0.1, 0.15) is 5.58 Å². The van der Waals surface area contributed by atoms with Crippen molar-refractivity contribution in [3.63, 3.8) is 0 Å². The van der Waals surface area contributed by atoms with Crippen LogP contribution in [-0.2, 0) is 10.8 Å². The predicted molar refractivity (Wildman–Crippen MR) is 93.3 cm³/mol. The fourth-order valence-electron chi connectivity index (χ4n) is 2.66. The zero-order chi connectivity index (χ0) is 17.4. The maximum atomic E-state index is 12.8. The number of aromatic carboxylic acids is 1. The monoisotopic (exact) mass is 344 g/mol. The van der Waals surface area contributed by atoms with Crippen molar-refractivity contribution in [3.05, 3.63) is 51.7 Å². The van der Waals surface area contributed by atoms with Gasteiger partial charge in [-0.3, -0.25) is 9.00 Å². The maximum absolute atomic E-state index is 12.8. The van der Waals surface area contributed by atoms with Gasteiger partial charge >= 0.3 is 5.97 Å². The molecule has 5 nitrogen and oxygen atoms in total. The van der Waals surface area contributed by atoms with Crippen LogP contribution in [-0.4, -0.2) is 21.0 Å². The highest BCUT2D eigenvalue weighted by Gasteiger charge is 2.17. The Labute approximate surface area is 140 Å². The second-order valence-electron chi connectivity index (χ2n) is 5.64. The Morgan fingerprint density at radius 1 is 1.21 bits per heavy atom. The molecule has 24 heavy (non-hydrogen) atoms. The van der Waals surface area contributed by atoms with Gasteiger partial charge in [-0.1, -0.05) is 6.92 Å². The molecule has 1 N–H and O–H groups in total. The van der Waals surface area contributed by atoms with Crippen LogP contribution in [0.1, 0.15) is 29.3 Å². The van der Waals surface area contributed by atoms with Gasteiger partial charge in [0.25, 0.3) is 0 Å². The van der Waals surface area contributed by atoms with Gasteiger partial charge in [0.2, 0.25) is 5.43 Å². The van der Waals surface area contributed by atoms with Gasteiger partial charge in [-0.15, -0.1) is 0 Å². The average molecular weight is 344 g/mol. The first-order valence-electron chi connectivity index (χ1n) is 7.55. The Hall–Kier alpha value is -2.47. The Bertz CT molecular complexity index is 1050. The molecule has 0 amide bonds. The van der Waals surface area contributed by atoms with Gasteiger partial charge < -0.3 is 9.52 Å². The molecule has 3 rings (SSSR count). The summed E-state index contributed by atoms with van der Waals surface area (Å²) in [5.74, 6) is -0.622. The van der Waals surface area contributed by atoms with Crippen LogP contribution in [0, 0.1) is 6.92 Å². The van der Waals surface area contributed by atoms with Crippen molar-refractivity contribution in [1.82, 2.24) is 0 Å². The third-order valence-corrected chi connectivity index (χ3v) is 5.33. The second kappa shape index (κ2) is 6.20. The highest BCUT2D eigenvalue weighted by molar-refractivity contribution is 7.85. The summed E-state index contributed by atoms with van der Waals surface area (Å²) in [5, 5.41) is 9.63. The molecule has 0 fully saturated rings. The standard InChI is InChI=1S/C18H16O5S/c1-3-6-24(22)15-8-10(2)7-13-16(19)12-9-11(18(20)21)4-5-14(12)23-17(13)15/h4-5,7-9H,3,6H2,1-2H3,(H,20,21). The van der Waals surface area contributed by atoms with Crippen molar-refractivity contribution < 1.29 is 18.5 Å². The summed E-state index contributed by atoms with van der Waals surface area (Å²) in [6.45, 7) is 3.76. The highest BCUT2D eigenvalue weighted by Crippen LogP contribution is 2.26. The van der Waals surface area contributed by atoms with Gasteiger partial charge in [0.05, 0.1) is 32.0 Å². The molecule has 124 valence electrons. The smallest absolute Gasteiger partial charge is 0.335 e. The minimum atomic E-state index is -1.26. The van der Waals surface area contributed by atoms with Crippen molar-refractivity contribution in [3.8, 4) is 0 Å². The third kappa shape index (κ3) is 2.73. The summed E-state index contributed by atoms with van der Waals surface area (Å²) in [4.78, 5) is 24.4. The molecule has 0 spiro atoms. The van der Waals surface area contributed by atoms with E-state index in [0.717, 1.165) is 12.0 Å². The molecule has 0 aliphatic rings. The molecule has 0 aliphatic heterocycles. The van der Waals surface area contributed by atoms with Crippen LogP contribution in [0.5, 0.6) is 0 Å². The fraction of sp³-hybridized carbons (Fsp3) is 0.222. The van der Waals surface area contributed by atoms with E-state index in [2.05, 4.69) is 0 Å². The lowest BCUT2D eigenvalue weighted by molar-refractivity contribution is 0.0697. The molecule has 0 bridgehead atoms. The highest BCUT2D eigenvalue weighted by atomic mass is 32.2. The van der Waals surface area contributed by atoms with Crippen molar-refractivity contribution in [2.24, 2.45) is 0 Å². The Kier molecular flexibility index (Phi) is 4.24. The van der Waals surface area contributed by atoms with Crippen molar-refractivity contribution in [1.29, 1.82) is 0 Å². The van der Waals surface area contributed by atoms with E-state index in [1.807, 2.05) is 13.8 Å². The lowest BCUT2D eigenvalue weighted by Crippen LogP contribution is -2.07. The molecule has 0 saturated heterocycles. The minimum absolute atomic E-state index is 0.0246. The number of carboxylic acid groups (broad SMARTS) is 1. The molecule has 1 atom stereocenters. The molecule has 2 aromatic carbocycles. The van der Waals surface area contributed by atoms with Crippen LogP contribution in [0.15, 0.2) is 44.4 Å². The molecule has 1 aromatic heterocycles. The maximum Gasteiger partial charge on any atom is 0.335 e. The van der Waals surface area contributed by atoms with E-state index >= 15 is 0 Å². The van der Waals surface area contributed by atoms with Gasteiger partial charge in [0.15, 0.2) is 5.58 Å². The lowest BCUT2D eigenvalue weighted by atomic mass is 10.1. The van der Waals surface area contributed by atoms with Crippen LogP contribution >= 0.6 is 0 Å². The summed E-state index contributed by atoms with van der Waals surface area (Å²) in [6.07, 6.45) is 0.752. The minimum Gasteiger partial charge on any atom is -0.478 e. The largest absolute Gasteiger partial charge is 0.478 e. The summed E-state index contributed by atoms with van der Waals surface area (Å²) in [5.41, 5.74) is 1.12. The zero-order valence-corrected chi connectivity index (χ0v) is 14.1. The SMILES string of the molecule is CCCS(=O)c1cc(C)cc2c(=O)c3cc(C(=O)O)ccc3oc12. The zero-order valence-electron chi connectivity index (χ0n) is 13.3. The van der Waals surface area contributed by atoms with Crippen molar-refractivity contribution in [2.45, 2.75) is 25.2 Å². The summed E-state index contributed by atoms with van der Waals surface area (Å²) in [6, 6.07) is 7.62. The fourth-order valence-corrected chi connectivity index (χ4v) is 3.93. The van der Waals surface area contributed by atoms with Crippen molar-refractivity contribution >= 4 is 38.7 Å². The Morgan fingerprint density at radius 3 is 2.62 bits per heavy atom. The summed E-state index contributed by atoms with van der Waals surface area (Å²) in [7, 11) is -1.26. The molecule has 0 aliphatic carbocycles. The Balaban J connectivity index is 2.41. The molecule has 3 aromatic rings. The average Bonchev–Trinajstić information content (AvgIpc) is 2.55. The number of hydrogen-bond acceptors (Lipinski definition) is 4. The van der Waals surface area contributed by atoms with E-state index < -0.39 is 16.8 Å². The van der Waals surface area contributed by atoms with Crippen LogP contribution in [0.4, 0.5) is 0 Å². The predicted octanol–water partition coefficient (Wildman–Crippen LogP) is 3.47. The summed E-state index contributed by atoms with van der Waals surface area (Å²) < 4.78 is 18.3. The quantitative estimate of drug-likeness (QED) is 0.733. The number of fused-ring (bicyclic) bond motifs is 2. The van der Waals surface area contributed by atoms with Crippen LogP contribution < -0.4 is 5.43 Å². The molecule has 6 heteroatoms. The number of carbonyl (C=O) groups is 1. The molecule has 0 radical (unpaired) electrons. The van der Waals surface area contributed by atoms with E-state index in [9.17, 15) is 13.8 Å². The van der Waals surface area contributed by atoms with Crippen molar-refractivity contribution in [2.75, 3.05) is 5.75 Å². The number of benzene rings is 2. The van der Waals surface area contributed by atoms with Gasteiger partial charge in [-0.2, -0.15) is 0 Å². The molecule has 1 unspecified atom stereocenters. The first-order chi connectivity index (χ1) is 11.4. The third-order valence-electron chi connectivity index (χ3n) is 3.76. The number of carboxylic acids is 1. The van der Waals surface area contributed by atoms with Gasteiger partial charge in [-0.25, -0.2) is 4.79 Å². The van der Waals surface area contributed by atoms with E-state index in [1.54, 1.807) is 12.1 Å². The molecular weight excluding hydrogens is 328 g/mol. The molecule has 0 saturated carbocycles. The first kappa shape index (κ1) is 16.4. The van der Waals surface area contributed by atoms with E-state index in [-0.39, 0.29) is 22.0 Å². The lowest BCUT2D eigenvalue weighted by Gasteiger charge is -2.08. The number of rotatable bonds is 4. The van der Waals surface area contributed by atoms with Gasteiger partial charge in [-0.05, 0) is 49.2 Å². The van der Waals surface area contributed by atoms with Crippen LogP contribution in [0.25, 0.3) is 21.9 Å². The molecule has 1 heterocycles. The van der Waals surface area contributed by atoms with Crippen LogP contribution in [0.3, 0.4) is 0 Å².